The normalized spacial score (nSPS) is 10.1. The molecule has 4 nitrogen and oxygen atoms in total. The molecule has 0 fully saturated rings. The van der Waals surface area contributed by atoms with E-state index in [1.807, 2.05) is 18.0 Å². The SMILES string of the molecule is COC(=O)CCCN(C)c1cc(Cl)ccc1C(N)=S. The van der Waals surface area contributed by atoms with Crippen LogP contribution >= 0.6 is 23.8 Å². The summed E-state index contributed by atoms with van der Waals surface area (Å²) < 4.78 is 4.60. The minimum Gasteiger partial charge on any atom is -0.469 e. The van der Waals surface area contributed by atoms with Crippen LogP contribution in [0.4, 0.5) is 5.69 Å². The van der Waals surface area contributed by atoms with Crippen molar-refractivity contribution in [3.63, 3.8) is 0 Å². The van der Waals surface area contributed by atoms with E-state index in [1.165, 1.54) is 7.11 Å². The van der Waals surface area contributed by atoms with Crippen molar-refractivity contribution in [3.8, 4) is 0 Å². The fourth-order valence-electron chi connectivity index (χ4n) is 1.71. The van der Waals surface area contributed by atoms with Crippen molar-refractivity contribution in [2.45, 2.75) is 12.8 Å². The Hall–Kier alpha value is -1.33. The smallest absolute Gasteiger partial charge is 0.305 e. The summed E-state index contributed by atoms with van der Waals surface area (Å²) >= 11 is 11.0. The predicted molar refractivity (Wildman–Crippen MR) is 81.9 cm³/mol. The van der Waals surface area contributed by atoms with Gasteiger partial charge in [0.2, 0.25) is 0 Å². The highest BCUT2D eigenvalue weighted by molar-refractivity contribution is 7.80. The molecule has 0 amide bonds. The van der Waals surface area contributed by atoms with Gasteiger partial charge >= 0.3 is 5.97 Å². The predicted octanol–water partition coefficient (Wildman–Crippen LogP) is 2.36. The van der Waals surface area contributed by atoms with Crippen LogP contribution < -0.4 is 10.6 Å². The molecule has 1 rings (SSSR count). The molecule has 1 aromatic rings. The van der Waals surface area contributed by atoms with Crippen molar-refractivity contribution < 1.29 is 9.53 Å². The van der Waals surface area contributed by atoms with E-state index in [0.717, 1.165) is 11.3 Å². The molecule has 0 saturated heterocycles. The van der Waals surface area contributed by atoms with Crippen LogP contribution in [0.3, 0.4) is 0 Å². The number of rotatable bonds is 6. The molecule has 0 aliphatic rings. The first-order valence-electron chi connectivity index (χ1n) is 5.83. The summed E-state index contributed by atoms with van der Waals surface area (Å²) in [5.74, 6) is -0.214. The molecule has 1 aromatic carbocycles. The van der Waals surface area contributed by atoms with E-state index in [-0.39, 0.29) is 5.97 Å². The number of methoxy groups -OCH3 is 1. The molecule has 0 radical (unpaired) electrons. The Morgan fingerprint density at radius 1 is 1.53 bits per heavy atom. The van der Waals surface area contributed by atoms with Gasteiger partial charge in [0.25, 0.3) is 0 Å². The highest BCUT2D eigenvalue weighted by atomic mass is 35.5. The standard InChI is InChI=1S/C13H17ClN2O2S/c1-16(7-3-4-12(17)18-2)11-8-9(14)5-6-10(11)13(15)19/h5-6,8H,3-4,7H2,1-2H3,(H2,15,19). The van der Waals surface area contributed by atoms with Crippen LogP contribution in [0.25, 0.3) is 0 Å². The average Bonchev–Trinajstić information content (AvgIpc) is 2.37. The zero-order valence-electron chi connectivity index (χ0n) is 11.0. The molecule has 0 bridgehead atoms. The van der Waals surface area contributed by atoms with Gasteiger partial charge in [-0.2, -0.15) is 0 Å². The van der Waals surface area contributed by atoms with Crippen LogP contribution in [-0.2, 0) is 9.53 Å². The molecular weight excluding hydrogens is 284 g/mol. The van der Waals surface area contributed by atoms with Crippen LogP contribution in [0.2, 0.25) is 5.02 Å². The number of benzene rings is 1. The van der Waals surface area contributed by atoms with Gasteiger partial charge in [-0.15, -0.1) is 0 Å². The Kier molecular flexibility index (Phi) is 6.05. The van der Waals surface area contributed by atoms with Crippen molar-refractivity contribution in [3.05, 3.63) is 28.8 Å². The lowest BCUT2D eigenvalue weighted by Gasteiger charge is -2.22. The number of carbonyl (C=O) groups excluding carboxylic acids is 1. The number of nitrogens with zero attached hydrogens (tertiary/aromatic N) is 1. The van der Waals surface area contributed by atoms with Gasteiger partial charge < -0.3 is 15.4 Å². The molecule has 0 spiro atoms. The molecule has 0 aromatic heterocycles. The van der Waals surface area contributed by atoms with E-state index >= 15 is 0 Å². The Morgan fingerprint density at radius 3 is 2.79 bits per heavy atom. The van der Waals surface area contributed by atoms with Gasteiger partial charge in [0.05, 0.1) is 7.11 Å². The number of anilines is 1. The number of thiocarbonyl (C=S) groups is 1. The quantitative estimate of drug-likeness (QED) is 0.646. The summed E-state index contributed by atoms with van der Waals surface area (Å²) in [4.78, 5) is 13.4. The lowest BCUT2D eigenvalue weighted by atomic mass is 10.1. The van der Waals surface area contributed by atoms with Gasteiger partial charge in [-0.25, -0.2) is 0 Å². The lowest BCUT2D eigenvalue weighted by Crippen LogP contribution is -2.23. The number of esters is 1. The maximum atomic E-state index is 11.1. The maximum absolute atomic E-state index is 11.1. The van der Waals surface area contributed by atoms with Crippen LogP contribution in [0, 0.1) is 0 Å². The van der Waals surface area contributed by atoms with E-state index in [0.29, 0.717) is 29.4 Å². The van der Waals surface area contributed by atoms with Crippen LogP contribution in [0.15, 0.2) is 18.2 Å². The summed E-state index contributed by atoms with van der Waals surface area (Å²) in [7, 11) is 3.29. The van der Waals surface area contributed by atoms with E-state index in [9.17, 15) is 4.79 Å². The Balaban J connectivity index is 2.75. The minimum absolute atomic E-state index is 0.214. The summed E-state index contributed by atoms with van der Waals surface area (Å²) in [6, 6.07) is 5.37. The molecule has 0 saturated carbocycles. The Morgan fingerprint density at radius 2 is 2.21 bits per heavy atom. The molecule has 2 N–H and O–H groups in total. The molecule has 19 heavy (non-hydrogen) atoms. The third-order valence-electron chi connectivity index (χ3n) is 2.74. The number of hydrogen-bond acceptors (Lipinski definition) is 4. The topological polar surface area (TPSA) is 55.6 Å². The zero-order chi connectivity index (χ0) is 14.4. The van der Waals surface area contributed by atoms with E-state index < -0.39 is 0 Å². The summed E-state index contributed by atoms with van der Waals surface area (Å²) in [5.41, 5.74) is 7.33. The van der Waals surface area contributed by atoms with Gasteiger partial charge in [-0.3, -0.25) is 4.79 Å². The Bertz CT molecular complexity index is 480. The van der Waals surface area contributed by atoms with Gasteiger partial charge in [-0.05, 0) is 24.6 Å². The van der Waals surface area contributed by atoms with Crippen molar-refractivity contribution in [2.75, 3.05) is 25.6 Å². The Labute approximate surface area is 123 Å². The second-order valence-corrected chi connectivity index (χ2v) is 5.00. The average molecular weight is 301 g/mol. The third-order valence-corrected chi connectivity index (χ3v) is 3.19. The van der Waals surface area contributed by atoms with Crippen molar-refractivity contribution in [1.82, 2.24) is 0 Å². The molecule has 0 heterocycles. The second kappa shape index (κ2) is 7.31. The van der Waals surface area contributed by atoms with Crippen molar-refractivity contribution in [2.24, 2.45) is 5.73 Å². The fraction of sp³-hybridized carbons (Fsp3) is 0.385. The molecule has 0 unspecified atom stereocenters. The van der Waals surface area contributed by atoms with Gasteiger partial charge in [0.15, 0.2) is 0 Å². The molecule has 6 heteroatoms. The van der Waals surface area contributed by atoms with Crippen molar-refractivity contribution in [1.29, 1.82) is 0 Å². The highest BCUT2D eigenvalue weighted by Gasteiger charge is 2.11. The number of carbonyl (C=O) groups is 1. The minimum atomic E-state index is -0.214. The highest BCUT2D eigenvalue weighted by Crippen LogP contribution is 2.24. The van der Waals surface area contributed by atoms with Crippen LogP contribution in [-0.4, -0.2) is 31.7 Å². The summed E-state index contributed by atoms with van der Waals surface area (Å²) in [5, 5.41) is 0.620. The first-order chi connectivity index (χ1) is 8.95. The third kappa shape index (κ3) is 4.69. The van der Waals surface area contributed by atoms with Gasteiger partial charge in [-0.1, -0.05) is 23.8 Å². The number of halogens is 1. The summed E-state index contributed by atoms with van der Waals surface area (Å²) in [6.07, 6.45) is 1.07. The lowest BCUT2D eigenvalue weighted by molar-refractivity contribution is -0.140. The van der Waals surface area contributed by atoms with Gasteiger partial charge in [0.1, 0.15) is 4.99 Å². The molecule has 104 valence electrons. The summed E-state index contributed by atoms with van der Waals surface area (Å²) in [6.45, 7) is 0.686. The van der Waals surface area contributed by atoms with E-state index in [4.69, 9.17) is 29.6 Å². The fourth-order valence-corrected chi connectivity index (χ4v) is 2.05. The van der Waals surface area contributed by atoms with Gasteiger partial charge in [0, 0.05) is 36.3 Å². The molecule has 0 atom stereocenters. The number of nitrogens with two attached hydrogens (primary N) is 1. The maximum Gasteiger partial charge on any atom is 0.305 e. The van der Waals surface area contributed by atoms with Crippen LogP contribution in [0.5, 0.6) is 0 Å². The van der Waals surface area contributed by atoms with Crippen molar-refractivity contribution >= 4 is 40.5 Å². The number of hydrogen-bond donors (Lipinski definition) is 1. The van der Waals surface area contributed by atoms with E-state index in [1.54, 1.807) is 12.1 Å². The monoisotopic (exact) mass is 300 g/mol. The van der Waals surface area contributed by atoms with E-state index in [2.05, 4.69) is 4.74 Å². The van der Waals surface area contributed by atoms with Crippen LogP contribution in [0.1, 0.15) is 18.4 Å². The largest absolute Gasteiger partial charge is 0.469 e. The first kappa shape index (κ1) is 15.7. The first-order valence-corrected chi connectivity index (χ1v) is 6.61. The molecular formula is C13H17ClN2O2S. The number of ether oxygens (including phenoxy) is 1. The molecule has 0 aliphatic heterocycles. The zero-order valence-corrected chi connectivity index (χ0v) is 12.6. The second-order valence-electron chi connectivity index (χ2n) is 4.13. The molecule has 0 aliphatic carbocycles.